The van der Waals surface area contributed by atoms with E-state index in [1.165, 1.54) is 12.0 Å². The lowest BCUT2D eigenvalue weighted by molar-refractivity contribution is 0.0726. The Morgan fingerprint density at radius 2 is 2.00 bits per heavy atom. The van der Waals surface area contributed by atoms with Crippen LogP contribution in [0.5, 0.6) is 11.6 Å². The topological polar surface area (TPSA) is 54.9 Å². The molecule has 156 valence electrons. The summed E-state index contributed by atoms with van der Waals surface area (Å²) in [6.45, 7) is 3.94. The van der Waals surface area contributed by atoms with Crippen molar-refractivity contribution in [3.05, 3.63) is 53.7 Å². The molecule has 6 nitrogen and oxygen atoms in total. The molecule has 6 heteroatoms. The molecule has 2 heterocycles. The van der Waals surface area contributed by atoms with Gasteiger partial charge >= 0.3 is 0 Å². The molecule has 1 aliphatic heterocycles. The van der Waals surface area contributed by atoms with Crippen LogP contribution in [0.25, 0.3) is 0 Å². The first-order valence-electron chi connectivity index (χ1n) is 10.2. The second kappa shape index (κ2) is 10.3. The van der Waals surface area contributed by atoms with Gasteiger partial charge in [0.1, 0.15) is 11.3 Å². The Hall–Kier alpha value is -2.60. The molecule has 0 N–H and O–H groups in total. The fourth-order valence-electron chi connectivity index (χ4n) is 3.97. The summed E-state index contributed by atoms with van der Waals surface area (Å²) in [4.78, 5) is 21.3. The van der Waals surface area contributed by atoms with Crippen LogP contribution in [0, 0.1) is 5.92 Å². The van der Waals surface area contributed by atoms with Crippen LogP contribution >= 0.6 is 0 Å². The normalized spacial score (nSPS) is 17.0. The van der Waals surface area contributed by atoms with Gasteiger partial charge in [-0.15, -0.1) is 0 Å². The van der Waals surface area contributed by atoms with Crippen LogP contribution in [0.2, 0.25) is 0 Å². The molecule has 1 atom stereocenters. The third-order valence-electron chi connectivity index (χ3n) is 5.55. The van der Waals surface area contributed by atoms with Crippen LogP contribution in [-0.2, 0) is 6.42 Å². The van der Waals surface area contributed by atoms with Gasteiger partial charge in [-0.05, 0) is 61.6 Å². The van der Waals surface area contributed by atoms with Crippen molar-refractivity contribution in [2.75, 3.05) is 47.4 Å². The molecule has 0 spiro atoms. The van der Waals surface area contributed by atoms with E-state index in [4.69, 9.17) is 9.47 Å². The highest BCUT2D eigenvalue weighted by Crippen LogP contribution is 2.21. The van der Waals surface area contributed by atoms with Gasteiger partial charge in [0.15, 0.2) is 0 Å². The standard InChI is InChI=1S/C23H31N3O3/c1-25(23(27)21-7-4-13-24-22(21)29-3)16-19-6-5-14-26(17-19)15-12-18-8-10-20(28-2)11-9-18/h4,7-11,13,19H,5-6,12,14-17H2,1-3H3/t19-/m0/s1. The average Bonchev–Trinajstić information content (AvgIpc) is 2.77. The Morgan fingerprint density at radius 1 is 1.21 bits per heavy atom. The fourth-order valence-corrected chi connectivity index (χ4v) is 3.97. The van der Waals surface area contributed by atoms with E-state index in [2.05, 4.69) is 22.0 Å². The van der Waals surface area contributed by atoms with E-state index in [-0.39, 0.29) is 5.91 Å². The van der Waals surface area contributed by atoms with Crippen molar-refractivity contribution in [3.8, 4) is 11.6 Å². The highest BCUT2D eigenvalue weighted by atomic mass is 16.5. The number of aromatic nitrogens is 1. The first-order chi connectivity index (χ1) is 14.1. The molecule has 0 radical (unpaired) electrons. The molecule has 1 aromatic carbocycles. The predicted octanol–water partition coefficient (Wildman–Crippen LogP) is 3.13. The van der Waals surface area contributed by atoms with Crippen molar-refractivity contribution < 1.29 is 14.3 Å². The minimum absolute atomic E-state index is 0.0368. The molecular weight excluding hydrogens is 366 g/mol. The number of ether oxygens (including phenoxy) is 2. The molecule has 29 heavy (non-hydrogen) atoms. The first-order valence-corrected chi connectivity index (χ1v) is 10.2. The van der Waals surface area contributed by atoms with E-state index in [0.717, 1.165) is 44.8 Å². The van der Waals surface area contributed by atoms with Crippen molar-refractivity contribution in [2.24, 2.45) is 5.92 Å². The van der Waals surface area contributed by atoms with E-state index in [1.54, 1.807) is 37.4 Å². The lowest BCUT2D eigenvalue weighted by Gasteiger charge is -2.34. The molecule has 0 saturated carbocycles. The zero-order valence-electron chi connectivity index (χ0n) is 17.6. The summed E-state index contributed by atoms with van der Waals surface area (Å²) in [6.07, 6.45) is 4.99. The van der Waals surface area contributed by atoms with Crippen LogP contribution < -0.4 is 9.47 Å². The summed E-state index contributed by atoms with van der Waals surface area (Å²) in [5, 5.41) is 0. The van der Waals surface area contributed by atoms with Crippen LogP contribution in [0.3, 0.4) is 0 Å². The Labute approximate surface area is 173 Å². The number of carbonyl (C=O) groups excluding carboxylic acids is 1. The maximum absolute atomic E-state index is 12.8. The monoisotopic (exact) mass is 397 g/mol. The zero-order chi connectivity index (χ0) is 20.6. The summed E-state index contributed by atoms with van der Waals surface area (Å²) in [5.74, 6) is 1.72. The lowest BCUT2D eigenvalue weighted by Crippen LogP contribution is -2.42. The molecule has 1 saturated heterocycles. The Kier molecular flexibility index (Phi) is 7.47. The molecule has 0 unspecified atom stereocenters. The smallest absolute Gasteiger partial charge is 0.259 e. The van der Waals surface area contributed by atoms with Gasteiger partial charge in [-0.25, -0.2) is 4.98 Å². The number of pyridine rings is 1. The summed E-state index contributed by atoms with van der Waals surface area (Å²) in [5.41, 5.74) is 1.84. The molecular formula is C23H31N3O3. The van der Waals surface area contributed by atoms with E-state index >= 15 is 0 Å². The van der Waals surface area contributed by atoms with Crippen LogP contribution in [-0.4, -0.2) is 68.1 Å². The third kappa shape index (κ3) is 5.70. The molecule has 0 bridgehead atoms. The van der Waals surface area contributed by atoms with Crippen LogP contribution in [0.1, 0.15) is 28.8 Å². The minimum atomic E-state index is -0.0368. The maximum Gasteiger partial charge on any atom is 0.259 e. The van der Waals surface area contributed by atoms with Crippen molar-refractivity contribution in [2.45, 2.75) is 19.3 Å². The second-order valence-corrected chi connectivity index (χ2v) is 7.65. The number of rotatable bonds is 8. The SMILES string of the molecule is COc1ccc(CCN2CCC[C@@H](CN(C)C(=O)c3cccnc3OC)C2)cc1. The summed E-state index contributed by atoms with van der Waals surface area (Å²) in [6, 6.07) is 11.8. The molecule has 2 aromatic rings. The second-order valence-electron chi connectivity index (χ2n) is 7.65. The van der Waals surface area contributed by atoms with E-state index in [0.29, 0.717) is 17.4 Å². The van der Waals surface area contributed by atoms with E-state index < -0.39 is 0 Å². The predicted molar refractivity (Wildman–Crippen MR) is 114 cm³/mol. The van der Waals surface area contributed by atoms with E-state index in [1.807, 2.05) is 19.2 Å². The fraction of sp³-hybridized carbons (Fsp3) is 0.478. The van der Waals surface area contributed by atoms with Gasteiger partial charge in [0, 0.05) is 32.9 Å². The number of carbonyl (C=O) groups is 1. The van der Waals surface area contributed by atoms with Crippen molar-refractivity contribution in [1.29, 1.82) is 0 Å². The van der Waals surface area contributed by atoms with Crippen LogP contribution in [0.15, 0.2) is 42.6 Å². The van der Waals surface area contributed by atoms with Gasteiger partial charge in [0.25, 0.3) is 5.91 Å². The van der Waals surface area contributed by atoms with E-state index in [9.17, 15) is 4.79 Å². The van der Waals surface area contributed by atoms with Gasteiger partial charge in [-0.3, -0.25) is 4.79 Å². The number of methoxy groups -OCH3 is 2. The quantitative estimate of drug-likeness (QED) is 0.685. The number of likely N-dealkylation sites (tertiary alicyclic amines) is 1. The number of hydrogen-bond donors (Lipinski definition) is 0. The van der Waals surface area contributed by atoms with Crippen molar-refractivity contribution >= 4 is 5.91 Å². The highest BCUT2D eigenvalue weighted by molar-refractivity contribution is 5.96. The van der Waals surface area contributed by atoms with Crippen molar-refractivity contribution in [1.82, 2.24) is 14.8 Å². The number of hydrogen-bond acceptors (Lipinski definition) is 5. The summed E-state index contributed by atoms with van der Waals surface area (Å²) >= 11 is 0. The summed E-state index contributed by atoms with van der Waals surface area (Å²) < 4.78 is 10.5. The van der Waals surface area contributed by atoms with Gasteiger partial charge in [-0.2, -0.15) is 0 Å². The minimum Gasteiger partial charge on any atom is -0.497 e. The third-order valence-corrected chi connectivity index (χ3v) is 5.55. The van der Waals surface area contributed by atoms with Crippen molar-refractivity contribution in [3.63, 3.8) is 0 Å². The average molecular weight is 398 g/mol. The summed E-state index contributed by atoms with van der Waals surface area (Å²) in [7, 11) is 5.10. The Bertz CT molecular complexity index is 794. The van der Waals surface area contributed by atoms with Gasteiger partial charge in [-0.1, -0.05) is 12.1 Å². The number of nitrogens with zero attached hydrogens (tertiary/aromatic N) is 3. The molecule has 1 aromatic heterocycles. The maximum atomic E-state index is 12.8. The molecule has 0 aliphatic carbocycles. The molecule has 1 aliphatic rings. The van der Waals surface area contributed by atoms with Gasteiger partial charge in [0.2, 0.25) is 5.88 Å². The molecule has 1 fully saturated rings. The van der Waals surface area contributed by atoms with Gasteiger partial charge < -0.3 is 19.3 Å². The first kappa shape index (κ1) is 21.1. The number of amides is 1. The molecule has 3 rings (SSSR count). The largest absolute Gasteiger partial charge is 0.497 e. The highest BCUT2D eigenvalue weighted by Gasteiger charge is 2.24. The Morgan fingerprint density at radius 3 is 2.72 bits per heavy atom. The Balaban J connectivity index is 1.51. The van der Waals surface area contributed by atoms with Crippen LogP contribution in [0.4, 0.5) is 0 Å². The lowest BCUT2D eigenvalue weighted by atomic mass is 9.97. The molecule has 1 amide bonds. The number of benzene rings is 1. The zero-order valence-corrected chi connectivity index (χ0v) is 17.6. The van der Waals surface area contributed by atoms with Gasteiger partial charge in [0.05, 0.1) is 14.2 Å². The number of piperidine rings is 1.